The van der Waals surface area contributed by atoms with Crippen LogP contribution in [0.2, 0.25) is 0 Å². The van der Waals surface area contributed by atoms with Gasteiger partial charge in [0.2, 0.25) is 0 Å². The lowest BCUT2D eigenvalue weighted by Crippen LogP contribution is -2.23. The van der Waals surface area contributed by atoms with Crippen LogP contribution in [0.15, 0.2) is 0 Å². The maximum absolute atomic E-state index is 12.4. The van der Waals surface area contributed by atoms with Crippen LogP contribution in [0.3, 0.4) is 0 Å². The van der Waals surface area contributed by atoms with E-state index in [1.807, 2.05) is 20.8 Å². The highest BCUT2D eigenvalue weighted by molar-refractivity contribution is 5.70. The monoisotopic (exact) mass is 468 g/mol. The molecule has 196 valence electrons. The molecule has 0 aromatic rings. The molecule has 0 heterocycles. The van der Waals surface area contributed by atoms with Gasteiger partial charge in [-0.2, -0.15) is 0 Å². The Morgan fingerprint density at radius 2 is 0.970 bits per heavy atom. The van der Waals surface area contributed by atoms with Crippen molar-refractivity contribution < 1.29 is 19.1 Å². The van der Waals surface area contributed by atoms with Crippen LogP contribution in [0.1, 0.15) is 163 Å². The van der Waals surface area contributed by atoms with Crippen LogP contribution in [0.5, 0.6) is 0 Å². The first-order valence-corrected chi connectivity index (χ1v) is 14.2. The van der Waals surface area contributed by atoms with Crippen LogP contribution >= 0.6 is 0 Å². The average Bonchev–Trinajstić information content (AvgIpc) is 2.74. The van der Waals surface area contributed by atoms with E-state index in [1.54, 1.807) is 0 Å². The number of carbonyl (C=O) groups excluding carboxylic acids is 2. The Morgan fingerprint density at radius 3 is 1.42 bits per heavy atom. The highest BCUT2D eigenvalue weighted by Crippen LogP contribution is 2.18. The maximum atomic E-state index is 12.4. The zero-order chi connectivity index (χ0) is 24.8. The molecule has 0 saturated carbocycles. The molecule has 0 aliphatic rings. The molecule has 0 N–H and O–H groups in total. The second-order valence-corrected chi connectivity index (χ2v) is 10.7. The van der Waals surface area contributed by atoms with E-state index in [2.05, 4.69) is 13.8 Å². The number of carbonyl (C=O) groups is 2. The number of esters is 2. The minimum Gasteiger partial charge on any atom is -0.462 e. The second kappa shape index (κ2) is 21.5. The first-order valence-electron chi connectivity index (χ1n) is 14.2. The van der Waals surface area contributed by atoms with Crippen LogP contribution in [0, 0.1) is 0 Å². The normalized spacial score (nSPS) is 11.7. The summed E-state index contributed by atoms with van der Waals surface area (Å²) in [6.45, 7) is 10.2. The summed E-state index contributed by atoms with van der Waals surface area (Å²) in [6, 6.07) is 0. The molecule has 0 aliphatic heterocycles. The van der Waals surface area contributed by atoms with Gasteiger partial charge in [0.1, 0.15) is 11.7 Å². The van der Waals surface area contributed by atoms with Gasteiger partial charge in [-0.05, 0) is 59.3 Å². The summed E-state index contributed by atoms with van der Waals surface area (Å²) in [7, 11) is 0. The van der Waals surface area contributed by atoms with Gasteiger partial charge in [-0.3, -0.25) is 9.59 Å². The summed E-state index contributed by atoms with van der Waals surface area (Å²) in [4.78, 5) is 24.1. The SMILES string of the molecule is CCCCCCCCC(CCCCCCCC)OC(=O)CCCCCCC(=O)OC(C)(C)C. The van der Waals surface area contributed by atoms with Gasteiger partial charge >= 0.3 is 11.9 Å². The van der Waals surface area contributed by atoms with Gasteiger partial charge in [0, 0.05) is 12.8 Å². The van der Waals surface area contributed by atoms with Gasteiger partial charge in [0.25, 0.3) is 0 Å². The molecule has 0 bridgehead atoms. The fraction of sp³-hybridized carbons (Fsp3) is 0.931. The lowest BCUT2D eigenvalue weighted by molar-refractivity contribution is -0.155. The van der Waals surface area contributed by atoms with Gasteiger partial charge in [-0.15, -0.1) is 0 Å². The highest BCUT2D eigenvalue weighted by atomic mass is 16.6. The lowest BCUT2D eigenvalue weighted by Gasteiger charge is -2.19. The smallest absolute Gasteiger partial charge is 0.306 e. The number of hydrogen-bond acceptors (Lipinski definition) is 4. The van der Waals surface area contributed by atoms with Crippen LogP contribution in [-0.4, -0.2) is 23.6 Å². The van der Waals surface area contributed by atoms with Crippen LogP contribution in [0.25, 0.3) is 0 Å². The third-order valence-corrected chi connectivity index (χ3v) is 5.99. The quantitative estimate of drug-likeness (QED) is 0.117. The average molecular weight is 469 g/mol. The fourth-order valence-corrected chi connectivity index (χ4v) is 4.10. The van der Waals surface area contributed by atoms with Crippen LogP contribution in [0.4, 0.5) is 0 Å². The van der Waals surface area contributed by atoms with Crippen molar-refractivity contribution in [3.8, 4) is 0 Å². The second-order valence-electron chi connectivity index (χ2n) is 10.7. The van der Waals surface area contributed by atoms with Crippen molar-refractivity contribution >= 4 is 11.9 Å². The first-order chi connectivity index (χ1) is 15.8. The number of rotatable bonds is 22. The minimum absolute atomic E-state index is 0.0379. The molecule has 0 aliphatic carbocycles. The van der Waals surface area contributed by atoms with E-state index >= 15 is 0 Å². The topological polar surface area (TPSA) is 52.6 Å². The fourth-order valence-electron chi connectivity index (χ4n) is 4.10. The first kappa shape index (κ1) is 31.9. The number of hydrogen-bond donors (Lipinski definition) is 0. The minimum atomic E-state index is -0.414. The van der Waals surface area contributed by atoms with E-state index in [4.69, 9.17) is 9.47 Å². The molecule has 0 saturated heterocycles. The van der Waals surface area contributed by atoms with Crippen molar-refractivity contribution in [3.63, 3.8) is 0 Å². The zero-order valence-electron chi connectivity index (χ0n) is 22.9. The molecule has 0 aromatic carbocycles. The summed E-state index contributed by atoms with van der Waals surface area (Å²) in [5.41, 5.74) is -0.414. The Hall–Kier alpha value is -1.06. The summed E-state index contributed by atoms with van der Waals surface area (Å²) in [6.07, 6.45) is 22.0. The van der Waals surface area contributed by atoms with Crippen molar-refractivity contribution in [2.24, 2.45) is 0 Å². The zero-order valence-corrected chi connectivity index (χ0v) is 22.9. The Labute approximate surface area is 206 Å². The molecular weight excluding hydrogens is 412 g/mol. The molecule has 0 spiro atoms. The maximum Gasteiger partial charge on any atom is 0.306 e. The van der Waals surface area contributed by atoms with Crippen molar-refractivity contribution in [3.05, 3.63) is 0 Å². The van der Waals surface area contributed by atoms with E-state index < -0.39 is 5.60 Å². The predicted octanol–water partition coefficient (Wildman–Crippen LogP) is 9.08. The lowest BCUT2D eigenvalue weighted by atomic mass is 10.0. The van der Waals surface area contributed by atoms with Gasteiger partial charge in [0.15, 0.2) is 0 Å². The summed E-state index contributed by atoms with van der Waals surface area (Å²) >= 11 is 0. The van der Waals surface area contributed by atoms with Crippen LogP contribution < -0.4 is 0 Å². The van der Waals surface area contributed by atoms with Gasteiger partial charge in [0.05, 0.1) is 0 Å². The van der Waals surface area contributed by atoms with E-state index in [1.165, 1.54) is 77.0 Å². The Morgan fingerprint density at radius 1 is 0.576 bits per heavy atom. The molecule has 0 atom stereocenters. The summed E-state index contributed by atoms with van der Waals surface area (Å²) in [5.74, 6) is -0.168. The highest BCUT2D eigenvalue weighted by Gasteiger charge is 2.16. The standard InChI is InChI=1S/C29H56O4/c1-6-8-10-12-14-18-22-26(23-19-15-13-11-9-7-2)32-27(30)24-20-16-17-21-25-28(31)33-29(3,4)5/h26H,6-25H2,1-5H3. The van der Waals surface area contributed by atoms with Crippen molar-refractivity contribution in [2.75, 3.05) is 0 Å². The largest absolute Gasteiger partial charge is 0.462 e. The summed E-state index contributed by atoms with van der Waals surface area (Å²) in [5, 5.41) is 0. The molecule has 4 heteroatoms. The molecule has 0 unspecified atom stereocenters. The van der Waals surface area contributed by atoms with Crippen molar-refractivity contribution in [2.45, 2.75) is 175 Å². The molecular formula is C29H56O4. The Balaban J connectivity index is 4.07. The third kappa shape index (κ3) is 23.9. The van der Waals surface area contributed by atoms with Gasteiger partial charge < -0.3 is 9.47 Å². The molecule has 4 nitrogen and oxygen atoms in total. The van der Waals surface area contributed by atoms with Crippen molar-refractivity contribution in [1.29, 1.82) is 0 Å². The summed E-state index contributed by atoms with van der Waals surface area (Å²) < 4.78 is 11.2. The molecule has 0 amide bonds. The van der Waals surface area contributed by atoms with Gasteiger partial charge in [-0.25, -0.2) is 0 Å². The van der Waals surface area contributed by atoms with E-state index in [-0.39, 0.29) is 18.0 Å². The van der Waals surface area contributed by atoms with Crippen LogP contribution in [-0.2, 0) is 19.1 Å². The Kier molecular flexibility index (Phi) is 20.8. The van der Waals surface area contributed by atoms with E-state index in [0.717, 1.165) is 38.5 Å². The molecule has 33 heavy (non-hydrogen) atoms. The number of ether oxygens (including phenoxy) is 2. The third-order valence-electron chi connectivity index (χ3n) is 5.99. The Bertz CT molecular complexity index is 451. The van der Waals surface area contributed by atoms with E-state index in [0.29, 0.717) is 12.8 Å². The molecule has 0 fully saturated rings. The van der Waals surface area contributed by atoms with E-state index in [9.17, 15) is 9.59 Å². The van der Waals surface area contributed by atoms with Crippen molar-refractivity contribution in [1.82, 2.24) is 0 Å². The molecule has 0 aromatic heterocycles. The van der Waals surface area contributed by atoms with Gasteiger partial charge in [-0.1, -0.05) is 90.9 Å². The molecule has 0 radical (unpaired) electrons. The predicted molar refractivity (Wildman–Crippen MR) is 139 cm³/mol. The molecule has 0 rings (SSSR count). The number of unbranched alkanes of at least 4 members (excludes halogenated alkanes) is 13.